The Morgan fingerprint density at radius 3 is 2.38 bits per heavy atom. The van der Waals surface area contributed by atoms with Crippen LogP contribution in [0, 0.1) is 0 Å². The van der Waals surface area contributed by atoms with Gasteiger partial charge in [-0.2, -0.15) is 0 Å². The molecule has 0 unspecified atom stereocenters. The van der Waals surface area contributed by atoms with Gasteiger partial charge < -0.3 is 8.92 Å². The van der Waals surface area contributed by atoms with Crippen molar-refractivity contribution in [1.82, 2.24) is 0 Å². The van der Waals surface area contributed by atoms with Crippen molar-refractivity contribution in [1.29, 1.82) is 0 Å². The lowest BCUT2D eigenvalue weighted by molar-refractivity contribution is 0.306. The Hall–Kier alpha value is -1.45. The van der Waals surface area contributed by atoms with Gasteiger partial charge in [0.25, 0.3) is 0 Å². The van der Waals surface area contributed by atoms with Crippen molar-refractivity contribution >= 4 is 12.0 Å². The van der Waals surface area contributed by atoms with E-state index in [-0.39, 0.29) is 0 Å². The Morgan fingerprint density at radius 2 is 1.67 bits per heavy atom. The van der Waals surface area contributed by atoms with Gasteiger partial charge in [-0.15, -0.1) is 0 Å². The van der Waals surface area contributed by atoms with Crippen LogP contribution in [0.1, 0.15) is 31.7 Å². The summed E-state index contributed by atoms with van der Waals surface area (Å²) in [6, 6.07) is 18.2. The fraction of sp³-hybridized carbons (Fsp3) is 0.333. The molecule has 2 rings (SSSR count). The minimum atomic E-state index is 0.593. The quantitative estimate of drug-likeness (QED) is 0.451. The highest BCUT2D eigenvalue weighted by Crippen LogP contribution is 2.21. The second kappa shape index (κ2) is 9.48. The van der Waals surface area contributed by atoms with Gasteiger partial charge in [0.1, 0.15) is 5.75 Å². The lowest BCUT2D eigenvalue weighted by Crippen LogP contribution is -1.97. The molecular weight excluding hydrogens is 280 g/mol. The van der Waals surface area contributed by atoms with Crippen LogP contribution in [0.4, 0.5) is 0 Å². The van der Waals surface area contributed by atoms with Crippen LogP contribution in [0.25, 0.3) is 0 Å². The van der Waals surface area contributed by atoms with Gasteiger partial charge in [-0.1, -0.05) is 50.1 Å². The number of hydrogen-bond acceptors (Lipinski definition) is 3. The number of rotatable bonds is 9. The van der Waals surface area contributed by atoms with E-state index in [0.717, 1.165) is 29.2 Å². The average molecular weight is 302 g/mol. The van der Waals surface area contributed by atoms with Crippen molar-refractivity contribution in [2.45, 2.75) is 37.7 Å². The van der Waals surface area contributed by atoms with Crippen LogP contribution >= 0.6 is 12.0 Å². The van der Waals surface area contributed by atoms with E-state index in [4.69, 9.17) is 8.92 Å². The predicted molar refractivity (Wildman–Crippen MR) is 88.6 cm³/mol. The smallest absolute Gasteiger partial charge is 0.119 e. The summed E-state index contributed by atoms with van der Waals surface area (Å²) in [5.41, 5.74) is 1.15. The lowest BCUT2D eigenvalue weighted by atomic mass is 10.2. The second-order valence-corrected chi connectivity index (χ2v) is 5.73. The molecule has 0 saturated carbocycles. The maximum Gasteiger partial charge on any atom is 0.119 e. The number of benzene rings is 2. The molecule has 0 fully saturated rings. The van der Waals surface area contributed by atoms with Crippen molar-refractivity contribution in [2.75, 3.05) is 6.61 Å². The lowest BCUT2D eigenvalue weighted by Gasteiger charge is -2.07. The molecule has 0 atom stereocenters. The zero-order valence-corrected chi connectivity index (χ0v) is 13.3. The Balaban J connectivity index is 1.69. The summed E-state index contributed by atoms with van der Waals surface area (Å²) in [6.45, 7) is 3.59. The van der Waals surface area contributed by atoms with Crippen molar-refractivity contribution in [3.05, 3.63) is 60.2 Å². The molecule has 0 saturated heterocycles. The van der Waals surface area contributed by atoms with Gasteiger partial charge in [0.15, 0.2) is 0 Å². The zero-order chi connectivity index (χ0) is 14.8. The Morgan fingerprint density at radius 1 is 0.905 bits per heavy atom. The zero-order valence-electron chi connectivity index (χ0n) is 12.5. The monoisotopic (exact) mass is 302 g/mol. The normalized spacial score (nSPS) is 10.5. The van der Waals surface area contributed by atoms with E-state index in [1.54, 1.807) is 0 Å². The van der Waals surface area contributed by atoms with E-state index in [9.17, 15) is 0 Å². The molecule has 21 heavy (non-hydrogen) atoms. The van der Waals surface area contributed by atoms with Gasteiger partial charge >= 0.3 is 0 Å². The number of ether oxygens (including phenoxy) is 1. The molecule has 112 valence electrons. The van der Waals surface area contributed by atoms with Gasteiger partial charge in [0.05, 0.1) is 13.2 Å². The summed E-state index contributed by atoms with van der Waals surface area (Å²) in [7, 11) is 0. The third-order valence-electron chi connectivity index (χ3n) is 3.06. The highest BCUT2D eigenvalue weighted by molar-refractivity contribution is 7.94. The molecule has 0 bridgehead atoms. The molecule has 0 spiro atoms. The van der Waals surface area contributed by atoms with Crippen LogP contribution in [-0.4, -0.2) is 6.61 Å². The van der Waals surface area contributed by atoms with Crippen LogP contribution in [0.3, 0.4) is 0 Å². The first kappa shape index (κ1) is 15.9. The second-order valence-electron chi connectivity index (χ2n) is 4.86. The molecule has 2 aromatic rings. The molecule has 0 aliphatic rings. The van der Waals surface area contributed by atoms with Crippen LogP contribution in [0.2, 0.25) is 0 Å². The molecule has 2 nitrogen and oxygen atoms in total. The molecule has 0 N–H and O–H groups in total. The highest BCUT2D eigenvalue weighted by Gasteiger charge is 1.98. The standard InChI is InChI=1S/C18H22O2S/c1-2-3-7-14-19-17-12-10-16(11-13-17)15-20-21-18-8-5-4-6-9-18/h4-6,8-13H,2-3,7,14-15H2,1H3. The van der Waals surface area contributed by atoms with Crippen LogP contribution < -0.4 is 4.74 Å². The van der Waals surface area contributed by atoms with Gasteiger partial charge in [0, 0.05) is 16.9 Å². The van der Waals surface area contributed by atoms with Crippen LogP contribution in [-0.2, 0) is 10.8 Å². The summed E-state index contributed by atoms with van der Waals surface area (Å²) in [5.74, 6) is 0.936. The summed E-state index contributed by atoms with van der Waals surface area (Å²) in [5, 5.41) is 0. The summed E-state index contributed by atoms with van der Waals surface area (Å²) >= 11 is 1.41. The third kappa shape index (κ3) is 6.23. The first-order valence-corrected chi connectivity index (χ1v) is 8.19. The molecule has 0 aromatic heterocycles. The number of hydrogen-bond donors (Lipinski definition) is 0. The fourth-order valence-electron chi connectivity index (χ4n) is 1.87. The summed E-state index contributed by atoms with van der Waals surface area (Å²) < 4.78 is 11.3. The molecule has 0 heterocycles. The molecule has 0 aliphatic heterocycles. The summed E-state index contributed by atoms with van der Waals surface area (Å²) in [6.07, 6.45) is 3.57. The fourth-order valence-corrected chi connectivity index (χ4v) is 2.46. The summed E-state index contributed by atoms with van der Waals surface area (Å²) in [4.78, 5) is 1.12. The van der Waals surface area contributed by atoms with E-state index < -0.39 is 0 Å². The van der Waals surface area contributed by atoms with Gasteiger partial charge in [-0.05, 0) is 36.2 Å². The highest BCUT2D eigenvalue weighted by atomic mass is 32.2. The first-order chi connectivity index (χ1) is 10.4. The third-order valence-corrected chi connectivity index (χ3v) is 3.76. The van der Waals surface area contributed by atoms with E-state index in [0.29, 0.717) is 6.61 Å². The minimum Gasteiger partial charge on any atom is -0.494 e. The topological polar surface area (TPSA) is 18.5 Å². The molecular formula is C18H22O2S. The molecule has 0 radical (unpaired) electrons. The van der Waals surface area contributed by atoms with Crippen molar-refractivity contribution < 1.29 is 8.92 Å². The Bertz CT molecular complexity index is 496. The van der Waals surface area contributed by atoms with Crippen LogP contribution in [0.5, 0.6) is 5.75 Å². The van der Waals surface area contributed by atoms with Gasteiger partial charge in [0.2, 0.25) is 0 Å². The molecule has 0 amide bonds. The molecule has 0 aliphatic carbocycles. The van der Waals surface area contributed by atoms with E-state index in [1.807, 2.05) is 42.5 Å². The largest absolute Gasteiger partial charge is 0.494 e. The first-order valence-electron chi connectivity index (χ1n) is 7.44. The van der Waals surface area contributed by atoms with E-state index in [2.05, 4.69) is 19.1 Å². The molecule has 2 aromatic carbocycles. The Labute approximate surface area is 131 Å². The van der Waals surface area contributed by atoms with Crippen molar-refractivity contribution in [3.8, 4) is 5.75 Å². The minimum absolute atomic E-state index is 0.593. The Kier molecular flexibility index (Phi) is 7.19. The average Bonchev–Trinajstić information content (AvgIpc) is 2.54. The van der Waals surface area contributed by atoms with Gasteiger partial charge in [-0.3, -0.25) is 0 Å². The van der Waals surface area contributed by atoms with Crippen LogP contribution in [0.15, 0.2) is 59.5 Å². The maximum atomic E-state index is 5.69. The maximum absolute atomic E-state index is 5.69. The predicted octanol–water partition coefficient (Wildman–Crippen LogP) is 5.48. The number of unbranched alkanes of at least 4 members (excludes halogenated alkanes) is 2. The molecule has 3 heteroatoms. The van der Waals surface area contributed by atoms with Gasteiger partial charge in [-0.25, -0.2) is 0 Å². The van der Waals surface area contributed by atoms with E-state index >= 15 is 0 Å². The SMILES string of the molecule is CCCCCOc1ccc(COSc2ccccc2)cc1. The van der Waals surface area contributed by atoms with Crippen molar-refractivity contribution in [2.24, 2.45) is 0 Å². The van der Waals surface area contributed by atoms with E-state index in [1.165, 1.54) is 24.9 Å². The van der Waals surface area contributed by atoms with Crippen molar-refractivity contribution in [3.63, 3.8) is 0 Å².